The molecule has 4 aromatic rings. The fraction of sp³-hybridized carbons (Fsp3) is 0.250. The van der Waals surface area contributed by atoms with Crippen LogP contribution in [0.3, 0.4) is 0 Å². The number of halogens is 1. The average molecular weight is 411 g/mol. The van der Waals surface area contributed by atoms with Crippen molar-refractivity contribution >= 4 is 32.5 Å². The lowest BCUT2D eigenvalue weighted by atomic mass is 10.00. The van der Waals surface area contributed by atoms with Gasteiger partial charge in [0.25, 0.3) is 0 Å². The summed E-state index contributed by atoms with van der Waals surface area (Å²) in [6.07, 6.45) is 8.39. The lowest BCUT2D eigenvalue weighted by Gasteiger charge is -2.14. The fourth-order valence-electron chi connectivity index (χ4n) is 3.35. The Morgan fingerprint density at radius 2 is 2.00 bits per heavy atom. The van der Waals surface area contributed by atoms with Gasteiger partial charge in [0, 0.05) is 35.1 Å². The number of nitrogens with zero attached hydrogens (tertiary/aromatic N) is 4. The number of fused-ring (bicyclic) bond motifs is 3. The Balaban J connectivity index is 1.94. The van der Waals surface area contributed by atoms with Crippen LogP contribution in [0.25, 0.3) is 27.7 Å². The van der Waals surface area contributed by atoms with Gasteiger partial charge in [-0.15, -0.1) is 0 Å². The zero-order valence-corrected chi connectivity index (χ0v) is 16.2. The van der Waals surface area contributed by atoms with Gasteiger partial charge in [-0.25, -0.2) is 4.98 Å². The summed E-state index contributed by atoms with van der Waals surface area (Å²) in [5, 5.41) is 11.3. The Morgan fingerprint density at radius 3 is 2.77 bits per heavy atom. The van der Waals surface area contributed by atoms with Gasteiger partial charge in [0.2, 0.25) is 0 Å². The summed E-state index contributed by atoms with van der Waals surface area (Å²) in [6.45, 7) is 4.10. The van der Waals surface area contributed by atoms with Gasteiger partial charge in [0.1, 0.15) is 10.3 Å². The summed E-state index contributed by atoms with van der Waals surface area (Å²) in [4.78, 5) is 13.4. The van der Waals surface area contributed by atoms with Gasteiger partial charge in [0.15, 0.2) is 0 Å². The zero-order valence-electron chi connectivity index (χ0n) is 14.6. The molecule has 26 heavy (non-hydrogen) atoms. The van der Waals surface area contributed by atoms with Gasteiger partial charge in [-0.1, -0.05) is 13.3 Å². The number of aromatic nitrogens is 4. The van der Waals surface area contributed by atoms with Crippen LogP contribution in [0.15, 0.2) is 47.6 Å². The first-order valence-corrected chi connectivity index (χ1v) is 9.44. The van der Waals surface area contributed by atoms with Gasteiger partial charge < -0.3 is 5.11 Å². The number of aliphatic hydroxyl groups excluding tert-OH is 1. The van der Waals surface area contributed by atoms with Crippen LogP contribution in [0, 0.1) is 6.92 Å². The average Bonchev–Trinajstić information content (AvgIpc) is 3.03. The SMILES string of the molecule is CCC[C@@H](O)c1cc(C)c(-c2cc3cnccc3n3c(Br)cnc23)cn1. The molecule has 0 spiro atoms. The van der Waals surface area contributed by atoms with Crippen molar-refractivity contribution < 1.29 is 5.11 Å². The third-order valence-electron chi connectivity index (χ3n) is 4.65. The second-order valence-corrected chi connectivity index (χ2v) is 7.27. The summed E-state index contributed by atoms with van der Waals surface area (Å²) in [5.74, 6) is 0. The van der Waals surface area contributed by atoms with Crippen LogP contribution in [-0.2, 0) is 0 Å². The number of hydrogen-bond donors (Lipinski definition) is 1. The van der Waals surface area contributed by atoms with Gasteiger partial charge in [-0.3, -0.25) is 14.4 Å². The summed E-state index contributed by atoms with van der Waals surface area (Å²) in [7, 11) is 0. The molecule has 1 atom stereocenters. The molecule has 0 radical (unpaired) electrons. The van der Waals surface area contributed by atoms with Crippen molar-refractivity contribution in [3.8, 4) is 11.1 Å². The van der Waals surface area contributed by atoms with Crippen molar-refractivity contribution in [3.05, 3.63) is 58.8 Å². The largest absolute Gasteiger partial charge is 0.387 e. The van der Waals surface area contributed by atoms with Crippen molar-refractivity contribution in [2.45, 2.75) is 32.8 Å². The molecule has 0 aliphatic carbocycles. The molecule has 6 heteroatoms. The van der Waals surface area contributed by atoms with Gasteiger partial charge in [-0.2, -0.15) is 0 Å². The third-order valence-corrected chi connectivity index (χ3v) is 5.21. The molecule has 0 unspecified atom stereocenters. The van der Waals surface area contributed by atoms with E-state index in [2.05, 4.69) is 48.3 Å². The van der Waals surface area contributed by atoms with E-state index in [0.717, 1.165) is 50.0 Å². The maximum absolute atomic E-state index is 10.2. The number of aryl methyl sites for hydroxylation is 1. The molecule has 5 nitrogen and oxygen atoms in total. The van der Waals surface area contributed by atoms with Gasteiger partial charge >= 0.3 is 0 Å². The molecule has 0 saturated carbocycles. The van der Waals surface area contributed by atoms with Crippen LogP contribution in [0.1, 0.15) is 37.1 Å². The highest BCUT2D eigenvalue weighted by molar-refractivity contribution is 9.10. The summed E-state index contributed by atoms with van der Waals surface area (Å²) in [5.41, 5.74) is 5.70. The predicted molar refractivity (Wildman–Crippen MR) is 106 cm³/mol. The molecule has 4 heterocycles. The lowest BCUT2D eigenvalue weighted by Crippen LogP contribution is -2.02. The van der Waals surface area contributed by atoms with E-state index in [1.807, 2.05) is 31.5 Å². The first-order chi connectivity index (χ1) is 12.6. The first-order valence-electron chi connectivity index (χ1n) is 8.64. The van der Waals surface area contributed by atoms with E-state index in [1.54, 1.807) is 12.4 Å². The Hall–Kier alpha value is -2.31. The molecule has 0 saturated heterocycles. The smallest absolute Gasteiger partial charge is 0.146 e. The molecule has 1 N–H and O–H groups in total. The monoisotopic (exact) mass is 410 g/mol. The second kappa shape index (κ2) is 6.78. The van der Waals surface area contributed by atoms with E-state index in [-0.39, 0.29) is 0 Å². The van der Waals surface area contributed by atoms with Crippen molar-refractivity contribution in [1.82, 2.24) is 19.4 Å². The molecule has 4 aromatic heterocycles. The van der Waals surface area contributed by atoms with Crippen LogP contribution in [0.4, 0.5) is 0 Å². The third kappa shape index (κ3) is 2.79. The Bertz CT molecular complexity index is 1110. The van der Waals surface area contributed by atoms with E-state index in [4.69, 9.17) is 0 Å². The van der Waals surface area contributed by atoms with Crippen LogP contribution in [0.2, 0.25) is 0 Å². The molecule has 0 bridgehead atoms. The number of hydrogen-bond acceptors (Lipinski definition) is 4. The molecule has 132 valence electrons. The Morgan fingerprint density at radius 1 is 1.15 bits per heavy atom. The quantitative estimate of drug-likeness (QED) is 0.522. The normalized spacial score (nSPS) is 12.8. The van der Waals surface area contributed by atoms with E-state index in [1.165, 1.54) is 0 Å². The molecular weight excluding hydrogens is 392 g/mol. The van der Waals surface area contributed by atoms with Crippen LogP contribution < -0.4 is 0 Å². The molecular formula is C20H19BrN4O. The number of imidazole rings is 1. The van der Waals surface area contributed by atoms with Crippen molar-refractivity contribution in [3.63, 3.8) is 0 Å². The van der Waals surface area contributed by atoms with Crippen LogP contribution >= 0.6 is 15.9 Å². The fourth-order valence-corrected chi connectivity index (χ4v) is 3.81. The number of rotatable bonds is 4. The highest BCUT2D eigenvalue weighted by atomic mass is 79.9. The Labute approximate surface area is 159 Å². The van der Waals surface area contributed by atoms with Crippen molar-refractivity contribution in [1.29, 1.82) is 0 Å². The van der Waals surface area contributed by atoms with E-state index < -0.39 is 6.10 Å². The maximum Gasteiger partial charge on any atom is 0.146 e. The number of aliphatic hydroxyl groups is 1. The van der Waals surface area contributed by atoms with Crippen LogP contribution in [0.5, 0.6) is 0 Å². The predicted octanol–water partition coefficient (Wildman–Crippen LogP) is 4.85. The van der Waals surface area contributed by atoms with Gasteiger partial charge in [0.05, 0.1) is 23.5 Å². The second-order valence-electron chi connectivity index (χ2n) is 6.46. The summed E-state index contributed by atoms with van der Waals surface area (Å²) < 4.78 is 2.97. The van der Waals surface area contributed by atoms with Crippen molar-refractivity contribution in [2.24, 2.45) is 0 Å². The minimum atomic E-state index is -0.519. The summed E-state index contributed by atoms with van der Waals surface area (Å²) in [6, 6.07) is 6.05. The molecule has 4 rings (SSSR count). The number of pyridine rings is 3. The maximum atomic E-state index is 10.2. The topological polar surface area (TPSA) is 63.3 Å². The highest BCUT2D eigenvalue weighted by Gasteiger charge is 2.16. The van der Waals surface area contributed by atoms with Gasteiger partial charge in [-0.05, 0) is 53.0 Å². The minimum Gasteiger partial charge on any atom is -0.387 e. The lowest BCUT2D eigenvalue weighted by molar-refractivity contribution is 0.161. The molecule has 0 aromatic carbocycles. The first kappa shape index (κ1) is 17.1. The standard InChI is InChI=1S/C20H19BrN4O/c1-3-4-18(26)16-7-12(2)15(10-23-16)14-8-13-9-22-6-5-17(13)25-19(21)11-24-20(14)25/h5-11,18,26H,3-4H2,1-2H3/t18-/m1/s1. The van der Waals surface area contributed by atoms with E-state index >= 15 is 0 Å². The molecule has 0 aliphatic rings. The van der Waals surface area contributed by atoms with E-state index in [9.17, 15) is 5.11 Å². The van der Waals surface area contributed by atoms with Crippen LogP contribution in [-0.4, -0.2) is 24.5 Å². The Kier molecular flexibility index (Phi) is 4.46. The van der Waals surface area contributed by atoms with E-state index in [0.29, 0.717) is 6.42 Å². The van der Waals surface area contributed by atoms with Crippen molar-refractivity contribution in [2.75, 3.05) is 0 Å². The highest BCUT2D eigenvalue weighted by Crippen LogP contribution is 2.33. The summed E-state index contributed by atoms with van der Waals surface area (Å²) >= 11 is 3.59. The molecule has 0 aliphatic heterocycles. The molecule has 0 fully saturated rings. The zero-order chi connectivity index (χ0) is 18.3. The molecule has 0 amide bonds. The minimum absolute atomic E-state index is 0.519.